The van der Waals surface area contributed by atoms with Crippen molar-refractivity contribution < 1.29 is 36.6 Å². The molecule has 278 valence electrons. The maximum Gasteiger partial charge on any atom is 0.471 e. The van der Waals surface area contributed by atoms with Crippen molar-refractivity contribution in [1.29, 1.82) is 0 Å². The Balaban J connectivity index is 1.77. The fraction of sp³-hybridized carbons (Fsp3) is 0.636. The SMILES string of the molecule is C=CCOC1C[C@H](n2cc(C#CCOCSSC(C)(C)CNC(=O)C(F)(F)F)c3c(N=CN(C)C)ncnc32)O[C@@H]1CO[Si](C)(C)C(C)(C)C. The highest BCUT2D eigenvalue weighted by Crippen LogP contribution is 2.40. The number of ether oxygens (including phenoxy) is 3. The zero-order valence-electron chi connectivity index (χ0n) is 30.2. The molecule has 1 fully saturated rings. The molecule has 1 amide bonds. The molecular formula is C33H49F3N6O5S2Si. The fourth-order valence-electron chi connectivity index (χ4n) is 4.41. The Morgan fingerprint density at radius 1 is 1.26 bits per heavy atom. The summed E-state index contributed by atoms with van der Waals surface area (Å²) in [5, 5.41) is 2.63. The van der Waals surface area contributed by atoms with E-state index in [9.17, 15) is 18.0 Å². The van der Waals surface area contributed by atoms with E-state index in [0.717, 1.165) is 0 Å². The first kappa shape index (κ1) is 41.8. The van der Waals surface area contributed by atoms with E-state index in [0.29, 0.717) is 42.0 Å². The number of amides is 1. The van der Waals surface area contributed by atoms with E-state index in [-0.39, 0.29) is 36.3 Å². The van der Waals surface area contributed by atoms with Gasteiger partial charge < -0.3 is 33.4 Å². The number of aromatic nitrogens is 3. The summed E-state index contributed by atoms with van der Waals surface area (Å²) >= 11 is 0. The van der Waals surface area contributed by atoms with Crippen molar-refractivity contribution in [3.63, 3.8) is 0 Å². The second-order valence-electron chi connectivity index (χ2n) is 14.1. The lowest BCUT2D eigenvalue weighted by Crippen LogP contribution is -2.44. The minimum absolute atomic E-state index is 0.0453. The number of rotatable bonds is 16. The second kappa shape index (κ2) is 17.8. The van der Waals surface area contributed by atoms with E-state index >= 15 is 0 Å². The van der Waals surface area contributed by atoms with Gasteiger partial charge in [-0.1, -0.05) is 60.3 Å². The summed E-state index contributed by atoms with van der Waals surface area (Å²) < 4.78 is 63.8. The Hall–Kier alpha value is -2.59. The average molecular weight is 759 g/mol. The van der Waals surface area contributed by atoms with Gasteiger partial charge in [0.2, 0.25) is 0 Å². The first-order valence-corrected chi connectivity index (χ1v) is 21.3. The number of halogens is 3. The van der Waals surface area contributed by atoms with Gasteiger partial charge in [-0.2, -0.15) is 13.2 Å². The summed E-state index contributed by atoms with van der Waals surface area (Å²) in [6.45, 7) is 19.0. The first-order chi connectivity index (χ1) is 23.3. The highest BCUT2D eigenvalue weighted by Gasteiger charge is 2.42. The van der Waals surface area contributed by atoms with Crippen LogP contribution in [0.5, 0.6) is 0 Å². The van der Waals surface area contributed by atoms with E-state index < -0.39 is 31.4 Å². The van der Waals surface area contributed by atoms with Crippen molar-refractivity contribution >= 4 is 59.0 Å². The van der Waals surface area contributed by atoms with Crippen LogP contribution in [0.2, 0.25) is 18.1 Å². The number of hydrogen-bond donors (Lipinski definition) is 1. The topological polar surface area (TPSA) is 112 Å². The number of hydrogen-bond acceptors (Lipinski definition) is 10. The van der Waals surface area contributed by atoms with Crippen LogP contribution in [-0.2, 0) is 23.4 Å². The van der Waals surface area contributed by atoms with E-state index in [4.69, 9.17) is 18.6 Å². The number of carbonyl (C=O) groups is 1. The number of alkyl halides is 3. The molecule has 0 radical (unpaired) electrons. The molecule has 3 atom stereocenters. The van der Waals surface area contributed by atoms with Gasteiger partial charge in [-0.3, -0.25) is 4.79 Å². The maximum atomic E-state index is 12.5. The van der Waals surface area contributed by atoms with E-state index in [1.807, 2.05) is 30.2 Å². The van der Waals surface area contributed by atoms with E-state index in [1.165, 1.54) is 27.9 Å². The molecule has 0 saturated carbocycles. The van der Waals surface area contributed by atoms with Crippen LogP contribution in [0.3, 0.4) is 0 Å². The van der Waals surface area contributed by atoms with E-state index in [2.05, 4.69) is 67.2 Å². The van der Waals surface area contributed by atoms with Crippen molar-refractivity contribution in [3.8, 4) is 11.8 Å². The Labute approximate surface area is 302 Å². The molecule has 1 unspecified atom stereocenters. The Kier molecular flexibility index (Phi) is 14.9. The number of nitrogens with one attached hydrogen (secondary N) is 1. The lowest BCUT2D eigenvalue weighted by Gasteiger charge is -2.37. The van der Waals surface area contributed by atoms with Crippen molar-refractivity contribution in [2.45, 2.75) is 88.5 Å². The highest BCUT2D eigenvalue weighted by atomic mass is 33.1. The van der Waals surface area contributed by atoms with Crippen LogP contribution in [0, 0.1) is 11.8 Å². The molecule has 0 aliphatic carbocycles. The second-order valence-corrected chi connectivity index (χ2v) is 21.8. The number of nitrogens with zero attached hydrogens (tertiary/aromatic N) is 5. The minimum atomic E-state index is -4.91. The van der Waals surface area contributed by atoms with Gasteiger partial charge in [0.25, 0.3) is 0 Å². The minimum Gasteiger partial charge on any atom is -0.414 e. The van der Waals surface area contributed by atoms with Gasteiger partial charge >= 0.3 is 12.1 Å². The first-order valence-electron chi connectivity index (χ1n) is 16.1. The molecule has 0 spiro atoms. The van der Waals surface area contributed by atoms with Crippen molar-refractivity contribution in [3.05, 3.63) is 30.7 Å². The molecule has 17 heteroatoms. The molecule has 1 saturated heterocycles. The number of fused-ring (bicyclic) bond motifs is 1. The Bertz CT molecular complexity index is 1550. The van der Waals surface area contributed by atoms with Gasteiger partial charge in [-0.05, 0) is 32.0 Å². The smallest absolute Gasteiger partial charge is 0.414 e. The van der Waals surface area contributed by atoms with Crippen LogP contribution >= 0.6 is 21.6 Å². The van der Waals surface area contributed by atoms with Crippen molar-refractivity contribution in [1.82, 2.24) is 24.8 Å². The van der Waals surface area contributed by atoms with Crippen LogP contribution in [0.15, 0.2) is 30.2 Å². The normalized spacial score (nSPS) is 18.8. The van der Waals surface area contributed by atoms with Crippen molar-refractivity contribution in [2.75, 3.05) is 46.4 Å². The third kappa shape index (κ3) is 12.0. The highest BCUT2D eigenvalue weighted by molar-refractivity contribution is 8.77. The van der Waals surface area contributed by atoms with E-state index in [1.54, 1.807) is 31.2 Å². The molecule has 0 aromatic carbocycles. The Morgan fingerprint density at radius 2 is 1.98 bits per heavy atom. The number of aliphatic imine (C=N–C) groups is 1. The molecule has 1 N–H and O–H groups in total. The fourth-order valence-corrected chi connectivity index (χ4v) is 7.56. The Morgan fingerprint density at radius 3 is 2.62 bits per heavy atom. The molecular weight excluding hydrogens is 710 g/mol. The molecule has 1 aliphatic rings. The summed E-state index contributed by atoms with van der Waals surface area (Å²) in [6, 6.07) is 0. The number of carbonyl (C=O) groups excluding carboxylic acids is 1. The van der Waals surface area contributed by atoms with Crippen LogP contribution in [0.4, 0.5) is 19.0 Å². The quantitative estimate of drug-likeness (QED) is 0.0290. The monoisotopic (exact) mass is 758 g/mol. The summed E-state index contributed by atoms with van der Waals surface area (Å²) in [6.07, 6.45) is 1.43. The van der Waals surface area contributed by atoms with Crippen LogP contribution in [0.25, 0.3) is 11.0 Å². The van der Waals surface area contributed by atoms with Gasteiger partial charge in [-0.25, -0.2) is 15.0 Å². The molecule has 50 heavy (non-hydrogen) atoms. The average Bonchev–Trinajstić information content (AvgIpc) is 3.60. The van der Waals surface area contributed by atoms with Gasteiger partial charge in [0.15, 0.2) is 14.1 Å². The maximum absolute atomic E-state index is 12.5. The van der Waals surface area contributed by atoms with Crippen LogP contribution in [-0.4, -0.2) is 110 Å². The summed E-state index contributed by atoms with van der Waals surface area (Å²) in [5.74, 6) is 4.95. The molecule has 2 aromatic heterocycles. The third-order valence-corrected chi connectivity index (χ3v) is 15.6. The van der Waals surface area contributed by atoms with Gasteiger partial charge in [0, 0.05) is 38.0 Å². The van der Waals surface area contributed by atoms with Crippen LogP contribution < -0.4 is 5.32 Å². The third-order valence-electron chi connectivity index (χ3n) is 8.08. The molecule has 11 nitrogen and oxygen atoms in total. The van der Waals surface area contributed by atoms with Gasteiger partial charge in [-0.15, -0.1) is 6.58 Å². The molecule has 0 bridgehead atoms. The van der Waals surface area contributed by atoms with Crippen LogP contribution in [0.1, 0.15) is 52.8 Å². The predicted octanol–water partition coefficient (Wildman–Crippen LogP) is 6.70. The molecule has 2 aromatic rings. The lowest BCUT2D eigenvalue weighted by atomic mass is 10.2. The summed E-state index contributed by atoms with van der Waals surface area (Å²) in [7, 11) is 4.32. The summed E-state index contributed by atoms with van der Waals surface area (Å²) in [5.41, 5.74) is 1.26. The zero-order chi connectivity index (χ0) is 37.3. The lowest BCUT2D eigenvalue weighted by molar-refractivity contribution is -0.173. The predicted molar refractivity (Wildman–Crippen MR) is 197 cm³/mol. The van der Waals surface area contributed by atoms with Gasteiger partial charge in [0.05, 0.1) is 36.6 Å². The molecule has 3 rings (SSSR count). The summed E-state index contributed by atoms with van der Waals surface area (Å²) in [4.78, 5) is 26.5. The molecule has 1 aliphatic heterocycles. The van der Waals surface area contributed by atoms with Gasteiger partial charge in [0.1, 0.15) is 36.9 Å². The standard InChI is InChI=1S/C33H49F3N6O5S2Si/c1-11-14-45-24-16-26(47-25(24)18-46-50(9,10)31(2,3)4)42-17-23(27-28(40-21-41(7)8)38-20-39-29(27)42)13-12-15-44-22-48-49-32(5,6)19-37-30(43)33(34,35)36/h11,17,20-21,24-26H,1,14-16,18-19,22H2,2-10H3,(H,37,43)/t24?,25-,26-/m1/s1. The molecule has 3 heterocycles. The largest absolute Gasteiger partial charge is 0.471 e. The van der Waals surface area contributed by atoms with Crippen molar-refractivity contribution in [2.24, 2.45) is 4.99 Å². The zero-order valence-corrected chi connectivity index (χ0v) is 32.9.